The van der Waals surface area contributed by atoms with Crippen LogP contribution >= 0.6 is 22.9 Å². The van der Waals surface area contributed by atoms with Gasteiger partial charge in [-0.2, -0.15) is 0 Å². The first-order valence-electron chi connectivity index (χ1n) is 9.22. The molecule has 1 aromatic heterocycles. The molecule has 1 aromatic carbocycles. The molecule has 1 aliphatic carbocycles. The molecule has 0 saturated heterocycles. The maximum Gasteiger partial charge on any atom is 0.225 e. The number of carbonyl (C=O) groups is 2. The van der Waals surface area contributed by atoms with E-state index in [4.69, 9.17) is 16.3 Å². The molecule has 0 saturated carbocycles. The Bertz CT molecular complexity index is 967. The van der Waals surface area contributed by atoms with Crippen molar-refractivity contribution in [3.63, 3.8) is 0 Å². The minimum atomic E-state index is -0.391. The van der Waals surface area contributed by atoms with Crippen LogP contribution in [0.4, 0.5) is 0 Å². The van der Waals surface area contributed by atoms with Crippen LogP contribution in [0.2, 0.25) is 5.02 Å². The van der Waals surface area contributed by atoms with Gasteiger partial charge in [0.1, 0.15) is 0 Å². The second-order valence-electron chi connectivity index (χ2n) is 7.02. The lowest BCUT2D eigenvalue weighted by Crippen LogP contribution is -2.38. The van der Waals surface area contributed by atoms with Crippen LogP contribution in [0, 0.1) is 0 Å². The number of amides is 1. The van der Waals surface area contributed by atoms with E-state index in [1.54, 1.807) is 23.5 Å². The zero-order valence-electron chi connectivity index (χ0n) is 15.3. The molecule has 5 nitrogen and oxygen atoms in total. The number of phenols is 1. The Labute approximate surface area is 172 Å². The molecule has 0 unspecified atom stereocenters. The molecule has 2 aliphatic rings. The van der Waals surface area contributed by atoms with Gasteiger partial charge in [-0.25, -0.2) is 0 Å². The van der Waals surface area contributed by atoms with E-state index in [1.165, 1.54) is 0 Å². The third kappa shape index (κ3) is 3.42. The van der Waals surface area contributed by atoms with Crippen molar-refractivity contribution in [2.75, 3.05) is 6.61 Å². The summed E-state index contributed by atoms with van der Waals surface area (Å²) in [5.74, 6) is -0.241. The molecule has 2 heterocycles. The maximum atomic E-state index is 13.1. The van der Waals surface area contributed by atoms with Gasteiger partial charge in [0.25, 0.3) is 0 Å². The maximum absolute atomic E-state index is 13.1. The number of rotatable bonds is 4. The first-order chi connectivity index (χ1) is 13.5. The highest BCUT2D eigenvalue weighted by Gasteiger charge is 2.38. The molecule has 0 bridgehead atoms. The Morgan fingerprint density at radius 2 is 2.11 bits per heavy atom. The molecule has 0 radical (unpaired) electrons. The predicted molar refractivity (Wildman–Crippen MR) is 108 cm³/mol. The number of nitrogens with one attached hydrogen (secondary N) is 1. The number of hydrogen-bond acceptors (Lipinski definition) is 5. The van der Waals surface area contributed by atoms with Gasteiger partial charge >= 0.3 is 0 Å². The minimum Gasteiger partial charge on any atom is -0.503 e. The third-order valence-electron chi connectivity index (χ3n) is 5.23. The second-order valence-corrected chi connectivity index (χ2v) is 8.41. The summed E-state index contributed by atoms with van der Waals surface area (Å²) in [4.78, 5) is 26.6. The summed E-state index contributed by atoms with van der Waals surface area (Å²) < 4.78 is 5.47. The Balaban J connectivity index is 1.75. The number of halogens is 1. The molecule has 2 aromatic rings. The van der Waals surface area contributed by atoms with Gasteiger partial charge in [0.05, 0.1) is 11.6 Å². The number of thiophene rings is 1. The normalized spacial score (nSPS) is 22.1. The van der Waals surface area contributed by atoms with E-state index >= 15 is 0 Å². The van der Waals surface area contributed by atoms with Crippen molar-refractivity contribution in [3.05, 3.63) is 56.4 Å². The Hall–Kier alpha value is -2.31. The van der Waals surface area contributed by atoms with E-state index in [9.17, 15) is 14.7 Å². The van der Waals surface area contributed by atoms with Crippen LogP contribution in [0.15, 0.2) is 40.9 Å². The van der Waals surface area contributed by atoms with Gasteiger partial charge in [0.15, 0.2) is 17.3 Å². The quantitative estimate of drug-likeness (QED) is 0.767. The molecule has 4 rings (SSSR count). The van der Waals surface area contributed by atoms with Crippen LogP contribution in [0.1, 0.15) is 48.5 Å². The minimum absolute atomic E-state index is 0.0480. The van der Waals surface area contributed by atoms with E-state index in [0.29, 0.717) is 36.3 Å². The number of hydrogen-bond donors (Lipinski definition) is 2. The zero-order valence-corrected chi connectivity index (χ0v) is 16.9. The van der Waals surface area contributed by atoms with Gasteiger partial charge in [0, 0.05) is 40.8 Å². The van der Waals surface area contributed by atoms with Gasteiger partial charge in [0.2, 0.25) is 5.91 Å². The Morgan fingerprint density at radius 3 is 2.82 bits per heavy atom. The summed E-state index contributed by atoms with van der Waals surface area (Å²) in [6.45, 7) is 2.18. The number of carbonyl (C=O) groups excluding carboxylic acids is 2. The standard InChI is InChI=1S/C21H20ClNO4S/c1-2-27-17-9-11(6-14(22)21(17)26)13-10-19(25)23-15-7-12(8-16(24)20(13)15)18-4-3-5-28-18/h3-6,9,12-13,26H,2,7-8,10H2,1H3,(H,23,25)/t12-,13-/m1/s1. The van der Waals surface area contributed by atoms with E-state index < -0.39 is 5.92 Å². The summed E-state index contributed by atoms with van der Waals surface area (Å²) in [6.07, 6.45) is 1.23. The lowest BCUT2D eigenvalue weighted by molar-refractivity contribution is -0.122. The fourth-order valence-corrected chi connectivity index (χ4v) is 5.08. The van der Waals surface area contributed by atoms with Gasteiger partial charge in [-0.1, -0.05) is 17.7 Å². The zero-order chi connectivity index (χ0) is 19.8. The van der Waals surface area contributed by atoms with E-state index in [1.807, 2.05) is 24.4 Å². The molecule has 0 fully saturated rings. The molecule has 28 heavy (non-hydrogen) atoms. The number of ether oxygens (including phenoxy) is 1. The van der Waals surface area contributed by atoms with Crippen LogP contribution < -0.4 is 10.1 Å². The lowest BCUT2D eigenvalue weighted by Gasteiger charge is -2.34. The van der Waals surface area contributed by atoms with Crippen molar-refractivity contribution in [2.24, 2.45) is 0 Å². The van der Waals surface area contributed by atoms with Gasteiger partial charge in [-0.05, 0) is 42.5 Å². The van der Waals surface area contributed by atoms with E-state index in [-0.39, 0.29) is 40.6 Å². The molecule has 1 amide bonds. The van der Waals surface area contributed by atoms with Gasteiger partial charge in [-0.3, -0.25) is 9.59 Å². The number of benzene rings is 1. The van der Waals surface area contributed by atoms with Crippen LogP contribution in [0.3, 0.4) is 0 Å². The summed E-state index contributed by atoms with van der Waals surface area (Å²) in [6, 6.07) is 7.30. The highest BCUT2D eigenvalue weighted by atomic mass is 35.5. The molecule has 2 atom stereocenters. The number of phenolic OH excluding ortho intramolecular Hbond substituents is 1. The molecule has 7 heteroatoms. The molecular formula is C21H20ClNO4S. The van der Waals surface area contributed by atoms with Crippen molar-refractivity contribution in [1.82, 2.24) is 5.32 Å². The average molecular weight is 418 g/mol. The van der Waals surface area contributed by atoms with Crippen LogP contribution in [-0.4, -0.2) is 23.4 Å². The van der Waals surface area contributed by atoms with Crippen LogP contribution in [0.25, 0.3) is 0 Å². The van der Waals surface area contributed by atoms with Crippen molar-refractivity contribution >= 4 is 34.6 Å². The van der Waals surface area contributed by atoms with Crippen molar-refractivity contribution < 1.29 is 19.4 Å². The highest BCUT2D eigenvalue weighted by Crippen LogP contribution is 2.46. The molecule has 1 aliphatic heterocycles. The molecule has 0 spiro atoms. The van der Waals surface area contributed by atoms with Crippen molar-refractivity contribution in [2.45, 2.75) is 38.0 Å². The number of allylic oxidation sites excluding steroid dienone is 2. The first-order valence-corrected chi connectivity index (χ1v) is 10.5. The fraction of sp³-hybridized carbons (Fsp3) is 0.333. The van der Waals surface area contributed by atoms with E-state index in [2.05, 4.69) is 5.32 Å². The van der Waals surface area contributed by atoms with Crippen LogP contribution in [0.5, 0.6) is 11.5 Å². The van der Waals surface area contributed by atoms with Crippen molar-refractivity contribution in [1.29, 1.82) is 0 Å². The second kappa shape index (κ2) is 7.60. The van der Waals surface area contributed by atoms with Crippen LogP contribution in [-0.2, 0) is 9.59 Å². The average Bonchev–Trinajstić information content (AvgIpc) is 3.19. The SMILES string of the molecule is CCOc1cc([C@H]2CC(=O)NC3=C2C(=O)C[C@H](c2cccs2)C3)cc(Cl)c1O. The van der Waals surface area contributed by atoms with Gasteiger partial charge < -0.3 is 15.2 Å². The topological polar surface area (TPSA) is 75.6 Å². The lowest BCUT2D eigenvalue weighted by atomic mass is 9.74. The summed E-state index contributed by atoms with van der Waals surface area (Å²) in [5.41, 5.74) is 2.06. The van der Waals surface area contributed by atoms with E-state index in [0.717, 1.165) is 4.88 Å². The first kappa shape index (κ1) is 19.0. The molecule has 2 N–H and O–H groups in total. The highest BCUT2D eigenvalue weighted by molar-refractivity contribution is 7.10. The number of Topliss-reactive ketones (excluding diaryl/α,β-unsaturated/α-hetero) is 1. The number of ketones is 1. The Kier molecular flexibility index (Phi) is 5.17. The largest absolute Gasteiger partial charge is 0.503 e. The monoisotopic (exact) mass is 417 g/mol. The fourth-order valence-electron chi connectivity index (χ4n) is 4.03. The smallest absolute Gasteiger partial charge is 0.225 e. The van der Waals surface area contributed by atoms with Gasteiger partial charge in [-0.15, -0.1) is 11.3 Å². The third-order valence-corrected chi connectivity index (χ3v) is 6.56. The van der Waals surface area contributed by atoms with Crippen molar-refractivity contribution in [3.8, 4) is 11.5 Å². The summed E-state index contributed by atoms with van der Waals surface area (Å²) in [7, 11) is 0. The summed E-state index contributed by atoms with van der Waals surface area (Å²) in [5, 5.41) is 15.2. The molecular weight excluding hydrogens is 398 g/mol. The summed E-state index contributed by atoms with van der Waals surface area (Å²) >= 11 is 7.81. The predicted octanol–water partition coefficient (Wildman–Crippen LogP) is 4.51. The molecule has 146 valence electrons. The number of aromatic hydroxyl groups is 1. The Morgan fingerprint density at radius 1 is 1.29 bits per heavy atom.